The number of fused-ring (bicyclic) bond motifs is 2. The molecule has 3 heterocycles. The fraction of sp³-hybridized carbons (Fsp3) is 0.320. The minimum Gasteiger partial charge on any atom is -0.494 e. The first-order valence-corrected chi connectivity index (χ1v) is 11.5. The Hall–Kier alpha value is -3.85. The molecular weight excluding hydrogens is 430 g/mol. The number of likely N-dealkylation sites (N-methyl/N-ethyl adjacent to an activating group) is 1. The number of hydrogen-bond acceptors (Lipinski definition) is 8. The van der Waals surface area contributed by atoms with E-state index in [0.717, 1.165) is 49.0 Å². The van der Waals surface area contributed by atoms with Crippen LogP contribution in [0.4, 0.5) is 34.5 Å². The average molecular weight is 460 g/mol. The maximum atomic E-state index is 12.7. The minimum atomic E-state index is -0.168. The molecule has 2 aliphatic rings. The van der Waals surface area contributed by atoms with Gasteiger partial charge >= 0.3 is 0 Å². The van der Waals surface area contributed by atoms with Crippen molar-refractivity contribution in [3.05, 3.63) is 54.2 Å². The lowest BCUT2D eigenvalue weighted by Crippen LogP contribution is -2.44. The minimum absolute atomic E-state index is 0.168. The molecular formula is C25H29N7O2. The molecule has 9 nitrogen and oxygen atoms in total. The Morgan fingerprint density at radius 2 is 1.91 bits per heavy atom. The zero-order valence-electron chi connectivity index (χ0n) is 19.7. The summed E-state index contributed by atoms with van der Waals surface area (Å²) in [4.78, 5) is 28.7. The van der Waals surface area contributed by atoms with Gasteiger partial charge in [0.05, 0.1) is 30.2 Å². The van der Waals surface area contributed by atoms with E-state index in [9.17, 15) is 4.79 Å². The Bertz CT molecular complexity index is 1210. The largest absolute Gasteiger partial charge is 0.494 e. The number of benzene rings is 2. The summed E-state index contributed by atoms with van der Waals surface area (Å²) < 4.78 is 5.68. The van der Waals surface area contributed by atoms with E-state index in [2.05, 4.69) is 38.5 Å². The standard InChI is InChI=1S/C25H29N7O2/c1-4-32-21-8-6-5-7-18(21)24(33)27-20-16-26-25(29-23(20)32)28-19-10-9-17(15-22(19)34-3)31-13-11-30(2)12-14-31/h5-10,15-16H,4,11-14H2,1-3H3,(H,27,33)(H,26,28,29). The third-order valence-electron chi connectivity index (χ3n) is 6.33. The van der Waals surface area contributed by atoms with Crippen molar-refractivity contribution in [2.75, 3.05) is 67.3 Å². The van der Waals surface area contributed by atoms with E-state index < -0.39 is 0 Å². The van der Waals surface area contributed by atoms with Crippen LogP contribution < -0.4 is 25.2 Å². The molecule has 2 N–H and O–H groups in total. The van der Waals surface area contributed by atoms with Gasteiger partial charge in [0, 0.05) is 44.5 Å². The van der Waals surface area contributed by atoms with Gasteiger partial charge in [-0.05, 0) is 38.2 Å². The third-order valence-corrected chi connectivity index (χ3v) is 6.33. The fourth-order valence-corrected chi connectivity index (χ4v) is 4.42. The normalized spacial score (nSPS) is 15.8. The summed E-state index contributed by atoms with van der Waals surface area (Å²) in [6, 6.07) is 13.7. The number of para-hydroxylation sites is 1. The van der Waals surface area contributed by atoms with Crippen LogP contribution in [0.25, 0.3) is 0 Å². The van der Waals surface area contributed by atoms with Crippen LogP contribution in [0.15, 0.2) is 48.7 Å². The van der Waals surface area contributed by atoms with Crippen LogP contribution in [0.2, 0.25) is 0 Å². The summed E-state index contributed by atoms with van der Waals surface area (Å²) in [6.07, 6.45) is 1.64. The zero-order valence-corrected chi connectivity index (χ0v) is 19.7. The molecule has 34 heavy (non-hydrogen) atoms. The van der Waals surface area contributed by atoms with E-state index in [0.29, 0.717) is 29.6 Å². The molecule has 0 unspecified atom stereocenters. The van der Waals surface area contributed by atoms with Crippen molar-refractivity contribution in [2.45, 2.75) is 6.92 Å². The number of nitrogens with zero attached hydrogens (tertiary/aromatic N) is 5. The zero-order chi connectivity index (χ0) is 23.7. The molecule has 1 aromatic heterocycles. The van der Waals surface area contributed by atoms with E-state index in [1.807, 2.05) is 48.2 Å². The molecule has 0 aliphatic carbocycles. The summed E-state index contributed by atoms with van der Waals surface area (Å²) >= 11 is 0. The van der Waals surface area contributed by atoms with Gasteiger partial charge in [-0.25, -0.2) is 4.98 Å². The Kier molecular flexibility index (Phi) is 5.93. The number of methoxy groups -OCH3 is 1. The maximum Gasteiger partial charge on any atom is 0.257 e. The molecule has 9 heteroatoms. The van der Waals surface area contributed by atoms with Crippen molar-refractivity contribution in [1.82, 2.24) is 14.9 Å². The summed E-state index contributed by atoms with van der Waals surface area (Å²) in [5, 5.41) is 6.23. The van der Waals surface area contributed by atoms with Crippen molar-refractivity contribution >= 4 is 40.4 Å². The highest BCUT2D eigenvalue weighted by atomic mass is 16.5. The molecule has 3 aromatic rings. The van der Waals surface area contributed by atoms with Crippen molar-refractivity contribution < 1.29 is 9.53 Å². The number of ether oxygens (including phenoxy) is 1. The van der Waals surface area contributed by atoms with Crippen LogP contribution in [0.5, 0.6) is 5.75 Å². The molecule has 0 atom stereocenters. The highest BCUT2D eigenvalue weighted by molar-refractivity contribution is 6.12. The topological polar surface area (TPSA) is 85.9 Å². The van der Waals surface area contributed by atoms with Crippen LogP contribution >= 0.6 is 0 Å². The lowest BCUT2D eigenvalue weighted by atomic mass is 10.1. The molecule has 1 saturated heterocycles. The second kappa shape index (κ2) is 9.18. The summed E-state index contributed by atoms with van der Waals surface area (Å²) in [6.45, 7) is 6.74. The van der Waals surface area contributed by atoms with E-state index in [-0.39, 0.29) is 5.91 Å². The number of aromatic nitrogens is 2. The molecule has 2 aliphatic heterocycles. The first kappa shape index (κ1) is 22.0. The number of nitrogens with one attached hydrogen (secondary N) is 2. The van der Waals surface area contributed by atoms with Crippen LogP contribution in [0.3, 0.4) is 0 Å². The van der Waals surface area contributed by atoms with Gasteiger partial charge in [-0.15, -0.1) is 0 Å². The molecule has 176 valence electrons. The van der Waals surface area contributed by atoms with E-state index in [1.165, 1.54) is 0 Å². The SMILES string of the molecule is CCN1c2ccccc2C(=O)Nc2cnc(Nc3ccc(N4CCN(C)CC4)cc3OC)nc21. The van der Waals surface area contributed by atoms with Crippen LogP contribution in [-0.2, 0) is 0 Å². The summed E-state index contributed by atoms with van der Waals surface area (Å²) in [7, 11) is 3.81. The second-order valence-corrected chi connectivity index (χ2v) is 8.45. The number of carbonyl (C=O) groups is 1. The first-order valence-electron chi connectivity index (χ1n) is 11.5. The quantitative estimate of drug-likeness (QED) is 0.597. The summed E-state index contributed by atoms with van der Waals surface area (Å²) in [5.41, 5.74) is 3.92. The van der Waals surface area contributed by atoms with Gasteiger partial charge in [-0.3, -0.25) is 4.79 Å². The monoisotopic (exact) mass is 459 g/mol. The smallest absolute Gasteiger partial charge is 0.257 e. The average Bonchev–Trinajstić information content (AvgIpc) is 2.98. The molecule has 5 rings (SSSR count). The molecule has 1 fully saturated rings. The van der Waals surface area contributed by atoms with Gasteiger partial charge in [0.15, 0.2) is 5.82 Å². The van der Waals surface area contributed by atoms with Crippen molar-refractivity contribution in [3.63, 3.8) is 0 Å². The lowest BCUT2D eigenvalue weighted by molar-refractivity contribution is 0.102. The molecule has 1 amide bonds. The van der Waals surface area contributed by atoms with Crippen LogP contribution in [0, 0.1) is 0 Å². The van der Waals surface area contributed by atoms with Gasteiger partial charge in [0.25, 0.3) is 5.91 Å². The first-order chi connectivity index (χ1) is 16.6. The van der Waals surface area contributed by atoms with E-state index >= 15 is 0 Å². The van der Waals surface area contributed by atoms with Gasteiger partial charge in [-0.1, -0.05) is 12.1 Å². The number of hydrogen-bond donors (Lipinski definition) is 2. The Balaban J connectivity index is 1.44. The summed E-state index contributed by atoms with van der Waals surface area (Å²) in [5.74, 6) is 1.63. The Labute approximate surface area is 199 Å². The van der Waals surface area contributed by atoms with E-state index in [1.54, 1.807) is 13.3 Å². The van der Waals surface area contributed by atoms with Crippen molar-refractivity contribution in [3.8, 4) is 5.75 Å². The Morgan fingerprint density at radius 1 is 1.12 bits per heavy atom. The number of rotatable bonds is 5. The van der Waals surface area contributed by atoms with Crippen LogP contribution in [0.1, 0.15) is 17.3 Å². The molecule has 0 spiro atoms. The predicted octanol–water partition coefficient (Wildman–Crippen LogP) is 3.70. The molecule has 0 saturated carbocycles. The molecule has 0 bridgehead atoms. The van der Waals surface area contributed by atoms with E-state index in [4.69, 9.17) is 9.72 Å². The van der Waals surface area contributed by atoms with Gasteiger partial charge < -0.3 is 30.1 Å². The van der Waals surface area contributed by atoms with Gasteiger partial charge in [0.2, 0.25) is 5.95 Å². The van der Waals surface area contributed by atoms with Crippen molar-refractivity contribution in [1.29, 1.82) is 0 Å². The van der Waals surface area contributed by atoms with Gasteiger partial charge in [0.1, 0.15) is 11.4 Å². The third kappa shape index (κ3) is 4.10. The lowest BCUT2D eigenvalue weighted by Gasteiger charge is -2.34. The highest BCUT2D eigenvalue weighted by Crippen LogP contribution is 2.37. The van der Waals surface area contributed by atoms with Gasteiger partial charge in [-0.2, -0.15) is 4.98 Å². The maximum absolute atomic E-state index is 12.7. The number of amides is 1. The molecule has 0 radical (unpaired) electrons. The highest BCUT2D eigenvalue weighted by Gasteiger charge is 2.26. The second-order valence-electron chi connectivity index (χ2n) is 8.45. The fourth-order valence-electron chi connectivity index (χ4n) is 4.42. The predicted molar refractivity (Wildman–Crippen MR) is 135 cm³/mol. The number of piperazine rings is 1. The Morgan fingerprint density at radius 3 is 2.68 bits per heavy atom. The number of carbonyl (C=O) groups excluding carboxylic acids is 1. The van der Waals surface area contributed by atoms with Crippen LogP contribution in [-0.4, -0.2) is 67.7 Å². The molecule has 2 aromatic carbocycles. The van der Waals surface area contributed by atoms with Crippen molar-refractivity contribution in [2.24, 2.45) is 0 Å². The number of anilines is 6.